The number of carboxylic acid groups (broad SMARTS) is 1. The number of aromatic nitrogens is 2. The minimum atomic E-state index is -1.49. The summed E-state index contributed by atoms with van der Waals surface area (Å²) >= 11 is 0. The first kappa shape index (κ1) is 26.6. The van der Waals surface area contributed by atoms with Crippen LogP contribution in [-0.4, -0.2) is 47.1 Å². The molecular formula is C30H32N2O7. The van der Waals surface area contributed by atoms with E-state index in [1.54, 1.807) is 19.4 Å². The Morgan fingerprint density at radius 1 is 1.18 bits per heavy atom. The molecule has 4 aromatic rings. The molecule has 39 heavy (non-hydrogen) atoms. The van der Waals surface area contributed by atoms with Gasteiger partial charge < -0.3 is 23.7 Å². The lowest BCUT2D eigenvalue weighted by molar-refractivity contribution is -0.145. The quantitative estimate of drug-likeness (QED) is 0.322. The smallest absolute Gasteiger partial charge is 0.329 e. The summed E-state index contributed by atoms with van der Waals surface area (Å²) in [5.41, 5.74) is 0.391. The van der Waals surface area contributed by atoms with Crippen molar-refractivity contribution >= 4 is 16.7 Å². The van der Waals surface area contributed by atoms with Gasteiger partial charge in [0.05, 0.1) is 25.5 Å². The van der Waals surface area contributed by atoms with E-state index in [-0.39, 0.29) is 6.10 Å². The number of hydrogen-bond acceptors (Lipinski definition) is 7. The monoisotopic (exact) mass is 532 g/mol. The van der Waals surface area contributed by atoms with Crippen LogP contribution in [0.25, 0.3) is 22.2 Å². The second-order valence-electron chi connectivity index (χ2n) is 10.2. The van der Waals surface area contributed by atoms with E-state index in [0.717, 1.165) is 24.0 Å². The first-order valence-corrected chi connectivity index (χ1v) is 13.0. The number of oxazole rings is 1. The van der Waals surface area contributed by atoms with Crippen LogP contribution in [0.4, 0.5) is 0 Å². The molecule has 0 unspecified atom stereocenters. The van der Waals surface area contributed by atoms with Gasteiger partial charge in [0.2, 0.25) is 5.89 Å². The molecule has 2 aromatic heterocycles. The van der Waals surface area contributed by atoms with Crippen LogP contribution in [-0.2, 0) is 26.2 Å². The lowest BCUT2D eigenvalue weighted by Gasteiger charge is -2.30. The topological polar surface area (TPSA) is 113 Å². The third-order valence-electron chi connectivity index (χ3n) is 7.32. The van der Waals surface area contributed by atoms with Gasteiger partial charge in [0, 0.05) is 42.3 Å². The first-order valence-electron chi connectivity index (χ1n) is 13.0. The molecule has 9 nitrogen and oxygen atoms in total. The van der Waals surface area contributed by atoms with Gasteiger partial charge in [-0.25, -0.2) is 9.78 Å². The van der Waals surface area contributed by atoms with E-state index >= 15 is 0 Å². The van der Waals surface area contributed by atoms with Crippen LogP contribution < -0.4 is 10.3 Å². The third-order valence-corrected chi connectivity index (χ3v) is 7.32. The van der Waals surface area contributed by atoms with E-state index in [2.05, 4.69) is 4.98 Å². The van der Waals surface area contributed by atoms with Crippen LogP contribution >= 0.6 is 0 Å². The van der Waals surface area contributed by atoms with Gasteiger partial charge in [0.1, 0.15) is 17.6 Å². The summed E-state index contributed by atoms with van der Waals surface area (Å²) in [6.07, 6.45) is 6.19. The number of fused-ring (bicyclic) bond motifs is 1. The molecule has 2 aromatic carbocycles. The van der Waals surface area contributed by atoms with Crippen LogP contribution in [0, 0.1) is 0 Å². The van der Waals surface area contributed by atoms with E-state index in [0.29, 0.717) is 47.6 Å². The number of methoxy groups -OCH3 is 1. The van der Waals surface area contributed by atoms with Crippen LogP contribution in [0.3, 0.4) is 0 Å². The molecule has 5 rings (SSSR count). The van der Waals surface area contributed by atoms with Crippen molar-refractivity contribution in [2.24, 2.45) is 0 Å². The molecule has 0 spiro atoms. The second-order valence-corrected chi connectivity index (χ2v) is 10.2. The standard InChI is InChI=1S/C30H32N2O7/c1-30(2,29(34)35)32-18-20(22-9-8-19(16-24(22)28(32)33)27-31-12-15-38-27)17-26(39-21-10-13-37-14-11-21)23-6-4-5-7-25(23)36-3/h4-9,12,15-16,18,21,26H,10-11,13-14,17H2,1-3H3,(H,34,35)/t26-/m0/s1. The maximum atomic E-state index is 13.7. The highest BCUT2D eigenvalue weighted by atomic mass is 16.5. The van der Waals surface area contributed by atoms with E-state index < -0.39 is 23.2 Å². The fourth-order valence-corrected chi connectivity index (χ4v) is 5.00. The molecule has 1 saturated heterocycles. The van der Waals surface area contributed by atoms with Gasteiger partial charge in [-0.1, -0.05) is 24.3 Å². The van der Waals surface area contributed by atoms with Gasteiger partial charge in [-0.3, -0.25) is 9.36 Å². The molecule has 1 atom stereocenters. The van der Waals surface area contributed by atoms with E-state index in [9.17, 15) is 14.7 Å². The number of rotatable bonds is 9. The van der Waals surface area contributed by atoms with Gasteiger partial charge in [0.15, 0.2) is 0 Å². The van der Waals surface area contributed by atoms with Crippen molar-refractivity contribution in [1.82, 2.24) is 9.55 Å². The molecule has 204 valence electrons. The summed E-state index contributed by atoms with van der Waals surface area (Å²) in [7, 11) is 1.62. The molecule has 1 N–H and O–H groups in total. The predicted octanol–water partition coefficient (Wildman–Crippen LogP) is 4.96. The van der Waals surface area contributed by atoms with Crippen molar-refractivity contribution in [2.45, 2.75) is 50.9 Å². The molecule has 1 aliphatic heterocycles. The Labute approximate surface area is 226 Å². The number of para-hydroxylation sites is 1. The van der Waals surface area contributed by atoms with Crippen molar-refractivity contribution in [1.29, 1.82) is 0 Å². The van der Waals surface area contributed by atoms with Gasteiger partial charge in [-0.2, -0.15) is 0 Å². The fourth-order valence-electron chi connectivity index (χ4n) is 5.00. The minimum absolute atomic E-state index is 0.00192. The predicted molar refractivity (Wildman–Crippen MR) is 145 cm³/mol. The summed E-state index contributed by atoms with van der Waals surface area (Å²) in [5, 5.41) is 11.1. The first-order chi connectivity index (χ1) is 18.8. The molecule has 1 aliphatic rings. The number of ether oxygens (including phenoxy) is 3. The van der Waals surface area contributed by atoms with Crippen molar-refractivity contribution in [3.63, 3.8) is 0 Å². The molecule has 0 aliphatic carbocycles. The number of benzene rings is 2. The Balaban J connectivity index is 1.67. The van der Waals surface area contributed by atoms with Gasteiger partial charge in [-0.05, 0) is 55.8 Å². The zero-order valence-electron chi connectivity index (χ0n) is 22.3. The Hall–Kier alpha value is -3.95. The normalized spacial score (nSPS) is 15.4. The third kappa shape index (κ3) is 5.32. The summed E-state index contributed by atoms with van der Waals surface area (Å²) in [6, 6.07) is 13.1. The Morgan fingerprint density at radius 3 is 2.64 bits per heavy atom. The largest absolute Gasteiger partial charge is 0.496 e. The summed E-state index contributed by atoms with van der Waals surface area (Å²) in [6.45, 7) is 4.29. The van der Waals surface area contributed by atoms with Crippen LogP contribution in [0.5, 0.6) is 5.75 Å². The van der Waals surface area contributed by atoms with Crippen LogP contribution in [0.2, 0.25) is 0 Å². The highest BCUT2D eigenvalue weighted by Gasteiger charge is 2.32. The summed E-state index contributed by atoms with van der Waals surface area (Å²) < 4.78 is 24.6. The highest BCUT2D eigenvalue weighted by Crippen LogP contribution is 2.35. The maximum absolute atomic E-state index is 13.7. The van der Waals surface area contributed by atoms with Crippen molar-refractivity contribution in [3.05, 3.63) is 82.6 Å². The molecule has 0 radical (unpaired) electrons. The molecule has 1 fully saturated rings. The van der Waals surface area contributed by atoms with Gasteiger partial charge in [0.25, 0.3) is 5.56 Å². The number of nitrogens with zero attached hydrogens (tertiary/aromatic N) is 2. The number of carboxylic acids is 1. The average Bonchev–Trinajstić information content (AvgIpc) is 3.49. The fraction of sp³-hybridized carbons (Fsp3) is 0.367. The van der Waals surface area contributed by atoms with Gasteiger partial charge >= 0.3 is 5.97 Å². The molecular weight excluding hydrogens is 500 g/mol. The number of carbonyl (C=O) groups is 1. The molecule has 0 bridgehead atoms. The summed E-state index contributed by atoms with van der Waals surface area (Å²) in [4.78, 5) is 30.1. The minimum Gasteiger partial charge on any atom is -0.496 e. The molecule has 3 heterocycles. The van der Waals surface area contributed by atoms with Crippen LogP contribution in [0.1, 0.15) is 43.9 Å². The Morgan fingerprint density at radius 2 is 1.95 bits per heavy atom. The van der Waals surface area contributed by atoms with Crippen molar-refractivity contribution in [2.75, 3.05) is 20.3 Å². The maximum Gasteiger partial charge on any atom is 0.329 e. The highest BCUT2D eigenvalue weighted by molar-refractivity contribution is 5.89. The molecule has 9 heteroatoms. The second kappa shape index (κ2) is 11.0. The van der Waals surface area contributed by atoms with E-state index in [1.807, 2.05) is 36.4 Å². The van der Waals surface area contributed by atoms with Gasteiger partial charge in [-0.15, -0.1) is 0 Å². The lowest BCUT2D eigenvalue weighted by Crippen LogP contribution is -2.42. The Kier molecular flexibility index (Phi) is 7.54. The Bertz CT molecular complexity index is 1520. The molecule has 0 amide bonds. The summed E-state index contributed by atoms with van der Waals surface area (Å²) in [5.74, 6) is -0.0387. The number of hydrogen-bond donors (Lipinski definition) is 1. The van der Waals surface area contributed by atoms with Crippen LogP contribution in [0.15, 0.2) is 70.3 Å². The molecule has 0 saturated carbocycles. The number of pyridine rings is 1. The zero-order valence-corrected chi connectivity index (χ0v) is 22.3. The van der Waals surface area contributed by atoms with Crippen molar-refractivity contribution in [3.8, 4) is 17.2 Å². The van der Waals surface area contributed by atoms with Crippen molar-refractivity contribution < 1.29 is 28.5 Å². The number of aliphatic carboxylic acids is 1. The zero-order chi connectivity index (χ0) is 27.6. The van der Waals surface area contributed by atoms with E-state index in [1.165, 1.54) is 30.9 Å². The SMILES string of the molecule is COc1ccccc1[C@H](Cc1cn(C(C)(C)C(=O)O)c(=O)c2cc(-c3ncco3)ccc12)OC1CCOCC1. The van der Waals surface area contributed by atoms with E-state index in [4.69, 9.17) is 18.6 Å². The average molecular weight is 533 g/mol. The lowest BCUT2D eigenvalue weighted by atomic mass is 9.95.